The quantitative estimate of drug-likeness (QED) is 0.756. The number of nitrogens with zero attached hydrogens (tertiary/aromatic N) is 3. The Labute approximate surface area is 141 Å². The maximum absolute atomic E-state index is 12.8. The maximum Gasteiger partial charge on any atom is 0.268 e. The zero-order chi connectivity index (χ0) is 17.3. The number of H-pyrrole nitrogens is 1. The SMILES string of the molecule is CC[C@@H](NC(=O)c1[nH]c2ccc(C)cc2c1C)c1ncnn1CC. The van der Waals surface area contributed by atoms with E-state index in [9.17, 15) is 4.79 Å². The number of aryl methyl sites for hydroxylation is 3. The summed E-state index contributed by atoms with van der Waals surface area (Å²) in [5.74, 6) is 0.678. The molecule has 0 saturated carbocycles. The number of carbonyl (C=O) groups is 1. The van der Waals surface area contributed by atoms with Gasteiger partial charge in [0.05, 0.1) is 6.04 Å². The van der Waals surface area contributed by atoms with E-state index in [0.717, 1.165) is 35.3 Å². The molecule has 3 aromatic rings. The lowest BCUT2D eigenvalue weighted by Gasteiger charge is -2.16. The number of carbonyl (C=O) groups excluding carboxylic acids is 1. The van der Waals surface area contributed by atoms with Crippen LogP contribution in [0.25, 0.3) is 10.9 Å². The molecule has 6 nitrogen and oxygen atoms in total. The Balaban J connectivity index is 1.90. The van der Waals surface area contributed by atoms with Gasteiger partial charge in [0.15, 0.2) is 0 Å². The smallest absolute Gasteiger partial charge is 0.268 e. The highest BCUT2D eigenvalue weighted by Gasteiger charge is 2.21. The van der Waals surface area contributed by atoms with Crippen molar-refractivity contribution < 1.29 is 4.79 Å². The molecule has 0 aliphatic heterocycles. The number of hydrogen-bond acceptors (Lipinski definition) is 3. The van der Waals surface area contributed by atoms with Gasteiger partial charge in [0.2, 0.25) is 0 Å². The van der Waals surface area contributed by atoms with Crippen molar-refractivity contribution in [3.63, 3.8) is 0 Å². The van der Waals surface area contributed by atoms with Gasteiger partial charge in [-0.1, -0.05) is 18.6 Å². The Morgan fingerprint density at radius 2 is 2.12 bits per heavy atom. The van der Waals surface area contributed by atoms with Gasteiger partial charge < -0.3 is 10.3 Å². The fourth-order valence-electron chi connectivity index (χ4n) is 3.03. The molecule has 0 unspecified atom stereocenters. The normalized spacial score (nSPS) is 12.5. The Bertz CT molecular complexity index is 877. The first-order valence-electron chi connectivity index (χ1n) is 8.32. The molecule has 0 aliphatic carbocycles. The minimum atomic E-state index is -0.160. The van der Waals surface area contributed by atoms with Gasteiger partial charge in [-0.15, -0.1) is 0 Å². The molecule has 0 radical (unpaired) electrons. The summed E-state index contributed by atoms with van der Waals surface area (Å²) in [4.78, 5) is 20.3. The zero-order valence-electron chi connectivity index (χ0n) is 14.6. The molecule has 0 bridgehead atoms. The largest absolute Gasteiger partial charge is 0.350 e. The number of fused-ring (bicyclic) bond motifs is 1. The van der Waals surface area contributed by atoms with Crippen LogP contribution >= 0.6 is 0 Å². The number of benzene rings is 1. The first kappa shape index (κ1) is 16.2. The minimum absolute atomic E-state index is 0.112. The van der Waals surface area contributed by atoms with Crippen LogP contribution in [0.3, 0.4) is 0 Å². The number of hydrogen-bond donors (Lipinski definition) is 2. The van der Waals surface area contributed by atoms with Crippen LogP contribution in [-0.4, -0.2) is 25.7 Å². The molecule has 0 spiro atoms. The summed E-state index contributed by atoms with van der Waals surface area (Å²) >= 11 is 0. The average molecular weight is 325 g/mol. The topological polar surface area (TPSA) is 75.6 Å². The number of amides is 1. The van der Waals surface area contributed by atoms with Gasteiger partial charge in [0.1, 0.15) is 17.8 Å². The Morgan fingerprint density at radius 1 is 1.33 bits per heavy atom. The fraction of sp³-hybridized carbons (Fsp3) is 0.389. The molecular weight excluding hydrogens is 302 g/mol. The summed E-state index contributed by atoms with van der Waals surface area (Å²) in [7, 11) is 0. The fourth-order valence-corrected chi connectivity index (χ4v) is 3.03. The van der Waals surface area contributed by atoms with Crippen molar-refractivity contribution in [2.24, 2.45) is 0 Å². The van der Waals surface area contributed by atoms with E-state index in [0.29, 0.717) is 5.69 Å². The van der Waals surface area contributed by atoms with E-state index in [-0.39, 0.29) is 11.9 Å². The highest BCUT2D eigenvalue weighted by Crippen LogP contribution is 2.24. The van der Waals surface area contributed by atoms with Crippen molar-refractivity contribution in [3.05, 3.63) is 47.2 Å². The lowest BCUT2D eigenvalue weighted by molar-refractivity contribution is 0.0928. The molecule has 6 heteroatoms. The van der Waals surface area contributed by atoms with Gasteiger partial charge in [0, 0.05) is 17.4 Å². The molecule has 0 saturated heterocycles. The predicted molar refractivity (Wildman–Crippen MR) is 94.0 cm³/mol. The average Bonchev–Trinajstić information content (AvgIpc) is 3.17. The lowest BCUT2D eigenvalue weighted by Crippen LogP contribution is -2.31. The molecule has 24 heavy (non-hydrogen) atoms. The summed E-state index contributed by atoms with van der Waals surface area (Å²) in [5.41, 5.74) is 3.74. The maximum atomic E-state index is 12.8. The minimum Gasteiger partial charge on any atom is -0.350 e. The van der Waals surface area contributed by atoms with Crippen LogP contribution in [0, 0.1) is 13.8 Å². The van der Waals surface area contributed by atoms with Crippen LogP contribution in [0.2, 0.25) is 0 Å². The Kier molecular flexibility index (Phi) is 4.38. The molecular formula is C18H23N5O. The predicted octanol–water partition coefficient (Wildman–Crippen LogP) is 3.28. The van der Waals surface area contributed by atoms with Gasteiger partial charge >= 0.3 is 0 Å². The van der Waals surface area contributed by atoms with Gasteiger partial charge in [-0.2, -0.15) is 5.10 Å². The highest BCUT2D eigenvalue weighted by molar-refractivity contribution is 6.01. The third-order valence-electron chi connectivity index (χ3n) is 4.41. The van der Waals surface area contributed by atoms with Crippen LogP contribution in [0.4, 0.5) is 0 Å². The van der Waals surface area contributed by atoms with E-state index in [1.807, 2.05) is 37.6 Å². The first-order chi connectivity index (χ1) is 11.5. The number of aromatic amines is 1. The van der Waals surface area contributed by atoms with Crippen LogP contribution in [0.15, 0.2) is 24.5 Å². The zero-order valence-corrected chi connectivity index (χ0v) is 14.6. The van der Waals surface area contributed by atoms with E-state index in [1.165, 1.54) is 11.9 Å². The van der Waals surface area contributed by atoms with Crippen molar-refractivity contribution in [2.45, 2.75) is 46.7 Å². The molecule has 2 aromatic heterocycles. The lowest BCUT2D eigenvalue weighted by atomic mass is 10.1. The summed E-state index contributed by atoms with van der Waals surface area (Å²) < 4.78 is 1.82. The summed E-state index contributed by atoms with van der Waals surface area (Å²) in [5, 5.41) is 8.36. The van der Waals surface area contributed by atoms with Crippen LogP contribution in [0.5, 0.6) is 0 Å². The first-order valence-corrected chi connectivity index (χ1v) is 8.32. The summed E-state index contributed by atoms with van der Waals surface area (Å²) in [6, 6.07) is 5.99. The van der Waals surface area contributed by atoms with Gasteiger partial charge in [-0.25, -0.2) is 9.67 Å². The monoisotopic (exact) mass is 325 g/mol. The van der Waals surface area contributed by atoms with E-state index in [1.54, 1.807) is 0 Å². The van der Waals surface area contributed by atoms with Crippen LogP contribution < -0.4 is 5.32 Å². The van der Waals surface area contributed by atoms with E-state index in [4.69, 9.17) is 0 Å². The standard InChI is InChI=1S/C18H23N5O/c1-5-14(17-19-10-20-23(17)6-2)22-18(24)16-12(4)13-9-11(3)7-8-15(13)21-16/h7-10,14,21H,5-6H2,1-4H3,(H,22,24)/t14-/m1/s1. The molecule has 1 amide bonds. The second-order valence-electron chi connectivity index (χ2n) is 6.04. The van der Waals surface area contributed by atoms with Crippen molar-refractivity contribution in [2.75, 3.05) is 0 Å². The molecule has 0 fully saturated rings. The second-order valence-corrected chi connectivity index (χ2v) is 6.04. The second kappa shape index (κ2) is 6.47. The summed E-state index contributed by atoms with van der Waals surface area (Å²) in [6.07, 6.45) is 2.29. The highest BCUT2D eigenvalue weighted by atomic mass is 16.2. The van der Waals surface area contributed by atoms with Gasteiger partial charge in [-0.05, 0) is 44.9 Å². The van der Waals surface area contributed by atoms with Crippen molar-refractivity contribution in [3.8, 4) is 0 Å². The number of aromatic nitrogens is 4. The van der Waals surface area contributed by atoms with Crippen LogP contribution in [0.1, 0.15) is 53.7 Å². The molecule has 126 valence electrons. The summed E-state index contributed by atoms with van der Waals surface area (Å²) in [6.45, 7) is 8.79. The van der Waals surface area contributed by atoms with Crippen LogP contribution in [-0.2, 0) is 6.54 Å². The van der Waals surface area contributed by atoms with Gasteiger partial charge in [0.25, 0.3) is 5.91 Å². The number of rotatable bonds is 5. The molecule has 2 heterocycles. The molecule has 1 aromatic carbocycles. The third-order valence-corrected chi connectivity index (χ3v) is 4.41. The molecule has 1 atom stereocenters. The Hall–Kier alpha value is -2.63. The van der Waals surface area contributed by atoms with Crippen molar-refractivity contribution in [1.82, 2.24) is 25.1 Å². The van der Waals surface area contributed by atoms with E-state index in [2.05, 4.69) is 33.4 Å². The number of nitrogens with one attached hydrogen (secondary N) is 2. The van der Waals surface area contributed by atoms with Gasteiger partial charge in [-0.3, -0.25) is 4.79 Å². The van der Waals surface area contributed by atoms with Crippen molar-refractivity contribution in [1.29, 1.82) is 0 Å². The molecule has 0 aliphatic rings. The molecule has 2 N–H and O–H groups in total. The van der Waals surface area contributed by atoms with E-state index < -0.39 is 0 Å². The van der Waals surface area contributed by atoms with E-state index >= 15 is 0 Å². The Morgan fingerprint density at radius 3 is 2.83 bits per heavy atom. The third kappa shape index (κ3) is 2.79. The van der Waals surface area contributed by atoms with Crippen molar-refractivity contribution >= 4 is 16.8 Å². The molecule has 3 rings (SSSR count).